The zero-order chi connectivity index (χ0) is 18.6. The summed E-state index contributed by atoms with van der Waals surface area (Å²) in [6, 6.07) is 7.37. The standard InChI is InChI=1S/C12H11F6NO4S/c13-11(14,15)10(12(16,17)18)23-24(21,22)7-6-19-9(20)8-4-2-1-3-5-8/h1-5,10H,6-7H2,(H,19,20). The highest BCUT2D eigenvalue weighted by Crippen LogP contribution is 2.36. The van der Waals surface area contributed by atoms with Crippen LogP contribution in [0.25, 0.3) is 0 Å². The predicted octanol–water partition coefficient (Wildman–Crippen LogP) is 2.26. The van der Waals surface area contributed by atoms with Crippen LogP contribution in [0.3, 0.4) is 0 Å². The van der Waals surface area contributed by atoms with Crippen molar-refractivity contribution in [2.24, 2.45) is 0 Å². The van der Waals surface area contributed by atoms with E-state index in [1.165, 1.54) is 24.3 Å². The third-order valence-corrected chi connectivity index (χ3v) is 3.70. The minimum absolute atomic E-state index is 0.138. The van der Waals surface area contributed by atoms with E-state index in [0.717, 1.165) is 0 Å². The second-order valence-electron chi connectivity index (χ2n) is 4.44. The molecule has 0 aliphatic heterocycles. The largest absolute Gasteiger partial charge is 0.425 e. The Bertz CT molecular complexity index is 642. The Balaban J connectivity index is 2.65. The number of amides is 1. The van der Waals surface area contributed by atoms with Gasteiger partial charge in [-0.2, -0.15) is 34.8 Å². The molecule has 1 aromatic carbocycles. The number of rotatable bonds is 6. The lowest BCUT2D eigenvalue weighted by Gasteiger charge is -2.22. The molecule has 0 radical (unpaired) electrons. The first-order valence-corrected chi connectivity index (χ1v) is 7.78. The van der Waals surface area contributed by atoms with E-state index in [1.807, 2.05) is 5.32 Å². The fourth-order valence-corrected chi connectivity index (χ4v) is 2.43. The van der Waals surface area contributed by atoms with Gasteiger partial charge in [0.15, 0.2) is 0 Å². The van der Waals surface area contributed by atoms with Crippen LogP contribution in [0, 0.1) is 0 Å². The van der Waals surface area contributed by atoms with Crippen LogP contribution < -0.4 is 5.32 Å². The van der Waals surface area contributed by atoms with Crippen LogP contribution in [0.2, 0.25) is 0 Å². The van der Waals surface area contributed by atoms with Crippen molar-refractivity contribution < 1.29 is 43.7 Å². The van der Waals surface area contributed by atoms with Gasteiger partial charge < -0.3 is 5.32 Å². The second kappa shape index (κ2) is 7.38. The average Bonchev–Trinajstić information content (AvgIpc) is 2.43. The lowest BCUT2D eigenvalue weighted by molar-refractivity contribution is -0.299. The van der Waals surface area contributed by atoms with Crippen molar-refractivity contribution in [2.75, 3.05) is 12.3 Å². The minimum Gasteiger partial charge on any atom is -0.351 e. The lowest BCUT2D eigenvalue weighted by Crippen LogP contribution is -2.46. The van der Waals surface area contributed by atoms with Crippen LogP contribution in [0.4, 0.5) is 26.3 Å². The zero-order valence-electron chi connectivity index (χ0n) is 11.7. The molecule has 5 nitrogen and oxygen atoms in total. The molecule has 0 aliphatic carbocycles. The number of carbonyl (C=O) groups is 1. The Morgan fingerprint density at radius 3 is 2.00 bits per heavy atom. The highest BCUT2D eigenvalue weighted by Gasteiger charge is 2.60. The van der Waals surface area contributed by atoms with E-state index in [-0.39, 0.29) is 5.56 Å². The molecule has 0 saturated carbocycles. The van der Waals surface area contributed by atoms with Crippen LogP contribution in [-0.4, -0.2) is 45.1 Å². The van der Waals surface area contributed by atoms with E-state index in [2.05, 4.69) is 4.18 Å². The van der Waals surface area contributed by atoms with Gasteiger partial charge in [-0.05, 0) is 12.1 Å². The number of carbonyl (C=O) groups excluding carboxylic acids is 1. The Morgan fingerprint density at radius 2 is 1.54 bits per heavy atom. The maximum absolute atomic E-state index is 12.2. The average molecular weight is 379 g/mol. The van der Waals surface area contributed by atoms with Gasteiger partial charge in [0.25, 0.3) is 22.1 Å². The minimum atomic E-state index is -5.95. The molecule has 0 unspecified atom stereocenters. The highest BCUT2D eigenvalue weighted by atomic mass is 32.2. The molecule has 0 heterocycles. The predicted molar refractivity (Wildman–Crippen MR) is 69.5 cm³/mol. The van der Waals surface area contributed by atoms with Gasteiger partial charge in [0, 0.05) is 12.1 Å². The molecule has 136 valence electrons. The van der Waals surface area contributed by atoms with E-state index in [0.29, 0.717) is 0 Å². The van der Waals surface area contributed by atoms with E-state index in [1.54, 1.807) is 6.07 Å². The van der Waals surface area contributed by atoms with Crippen molar-refractivity contribution >= 4 is 16.0 Å². The number of hydrogen-bond donors (Lipinski definition) is 1. The molecule has 1 rings (SSSR count). The summed E-state index contributed by atoms with van der Waals surface area (Å²) in [7, 11) is -5.18. The van der Waals surface area contributed by atoms with E-state index >= 15 is 0 Å². The number of benzene rings is 1. The summed E-state index contributed by atoms with van der Waals surface area (Å²) in [5.41, 5.74) is 0.138. The fraction of sp³-hybridized carbons (Fsp3) is 0.417. The maximum Gasteiger partial charge on any atom is 0.425 e. The van der Waals surface area contributed by atoms with Crippen LogP contribution in [-0.2, 0) is 14.3 Å². The molecule has 0 spiro atoms. The third-order valence-electron chi connectivity index (χ3n) is 2.51. The van der Waals surface area contributed by atoms with Crippen molar-refractivity contribution in [2.45, 2.75) is 18.5 Å². The molecule has 1 amide bonds. The summed E-state index contributed by atoms with van der Waals surface area (Å²) in [4.78, 5) is 11.6. The van der Waals surface area contributed by atoms with Crippen molar-refractivity contribution in [1.82, 2.24) is 5.32 Å². The van der Waals surface area contributed by atoms with Crippen LogP contribution in [0.15, 0.2) is 30.3 Å². The summed E-state index contributed by atoms with van der Waals surface area (Å²) >= 11 is 0. The summed E-state index contributed by atoms with van der Waals surface area (Å²) in [5.74, 6) is -2.00. The Morgan fingerprint density at radius 1 is 1.04 bits per heavy atom. The van der Waals surface area contributed by atoms with E-state index in [4.69, 9.17) is 0 Å². The first-order chi connectivity index (χ1) is 10.8. The Labute approximate surface area is 132 Å². The zero-order valence-corrected chi connectivity index (χ0v) is 12.5. The van der Waals surface area contributed by atoms with Gasteiger partial charge >= 0.3 is 12.4 Å². The highest BCUT2D eigenvalue weighted by molar-refractivity contribution is 7.86. The van der Waals surface area contributed by atoms with Crippen LogP contribution in [0.5, 0.6) is 0 Å². The summed E-state index contributed by atoms with van der Waals surface area (Å²) in [6.45, 7) is -0.724. The fourth-order valence-electron chi connectivity index (χ4n) is 1.47. The van der Waals surface area contributed by atoms with Crippen molar-refractivity contribution in [3.05, 3.63) is 35.9 Å². The quantitative estimate of drug-likeness (QED) is 0.608. The van der Waals surface area contributed by atoms with Crippen molar-refractivity contribution in [3.8, 4) is 0 Å². The number of hydrogen-bond acceptors (Lipinski definition) is 4. The smallest absolute Gasteiger partial charge is 0.351 e. The lowest BCUT2D eigenvalue weighted by atomic mass is 10.2. The number of halogens is 6. The third kappa shape index (κ3) is 6.35. The summed E-state index contributed by atoms with van der Waals surface area (Å²) < 4.78 is 99.2. The Hall–Kier alpha value is -1.82. The van der Waals surface area contributed by atoms with Crippen molar-refractivity contribution in [1.29, 1.82) is 0 Å². The first kappa shape index (κ1) is 20.2. The number of nitrogens with one attached hydrogen (secondary N) is 1. The molecule has 0 bridgehead atoms. The summed E-state index contributed by atoms with van der Waals surface area (Å²) in [5, 5.41) is 2.05. The first-order valence-electron chi connectivity index (χ1n) is 6.20. The molecular weight excluding hydrogens is 368 g/mol. The van der Waals surface area contributed by atoms with Crippen LogP contribution >= 0.6 is 0 Å². The molecule has 0 aliphatic rings. The van der Waals surface area contributed by atoms with Gasteiger partial charge in [-0.3, -0.25) is 4.79 Å². The topological polar surface area (TPSA) is 72.5 Å². The van der Waals surface area contributed by atoms with E-state index < -0.39 is 46.8 Å². The van der Waals surface area contributed by atoms with Gasteiger partial charge in [0.1, 0.15) is 0 Å². The monoisotopic (exact) mass is 379 g/mol. The van der Waals surface area contributed by atoms with Crippen molar-refractivity contribution in [3.63, 3.8) is 0 Å². The van der Waals surface area contributed by atoms with Gasteiger partial charge in [-0.15, -0.1) is 0 Å². The summed E-state index contributed by atoms with van der Waals surface area (Å²) in [6.07, 6.45) is -16.4. The second-order valence-corrected chi connectivity index (χ2v) is 6.16. The molecule has 0 saturated heterocycles. The van der Waals surface area contributed by atoms with E-state index in [9.17, 15) is 39.6 Å². The SMILES string of the molecule is O=C(NCCS(=O)(=O)OC(C(F)(F)F)C(F)(F)F)c1ccccc1. The van der Waals surface area contributed by atoms with Crippen LogP contribution in [0.1, 0.15) is 10.4 Å². The molecule has 1 N–H and O–H groups in total. The molecule has 24 heavy (non-hydrogen) atoms. The van der Waals surface area contributed by atoms with Gasteiger partial charge in [0.2, 0.25) is 0 Å². The normalized spacial score (nSPS) is 13.1. The molecule has 1 aromatic rings. The molecule has 0 aromatic heterocycles. The molecular formula is C12H11F6NO4S. The van der Waals surface area contributed by atoms with Gasteiger partial charge in [0.05, 0.1) is 5.75 Å². The number of alkyl halides is 6. The molecule has 0 fully saturated rings. The maximum atomic E-state index is 12.2. The van der Waals surface area contributed by atoms with Gasteiger partial charge in [-0.1, -0.05) is 18.2 Å². The Kier molecular flexibility index (Phi) is 6.22. The molecule has 0 atom stereocenters. The molecule has 12 heteroatoms. The van der Waals surface area contributed by atoms with Gasteiger partial charge in [-0.25, -0.2) is 4.18 Å².